The van der Waals surface area contributed by atoms with Crippen molar-refractivity contribution in [3.05, 3.63) is 42.2 Å². The van der Waals surface area contributed by atoms with Gasteiger partial charge in [0.15, 0.2) is 0 Å². The Balaban J connectivity index is 1.29. The van der Waals surface area contributed by atoms with Crippen LogP contribution < -0.4 is 10.1 Å². The molecule has 4 rings (SSSR count). The first-order valence-electron chi connectivity index (χ1n) is 10.1. The Morgan fingerprint density at radius 3 is 2.35 bits per heavy atom. The standard InChI is InChI=1S/C21H23N5O5/c27-18-11-24-20(28)26(18)12-14-1-3-16(4-2-14)17-9-22-19(23-10-17)31-13-15-5-7-25(8-6-15)21(29)30/h1-4,9-10,15H,5-8,11-13H2,(H,24,28)(H,29,30). The summed E-state index contributed by atoms with van der Waals surface area (Å²) in [6.45, 7) is 1.79. The average Bonchev–Trinajstić information content (AvgIpc) is 3.11. The van der Waals surface area contributed by atoms with Gasteiger partial charge in [0, 0.05) is 31.0 Å². The molecule has 2 saturated heterocycles. The van der Waals surface area contributed by atoms with Gasteiger partial charge in [-0.3, -0.25) is 9.69 Å². The topological polar surface area (TPSA) is 125 Å². The van der Waals surface area contributed by atoms with Crippen LogP contribution in [0.2, 0.25) is 0 Å². The lowest BCUT2D eigenvalue weighted by Crippen LogP contribution is -2.38. The fraction of sp³-hybridized carbons (Fsp3) is 0.381. The summed E-state index contributed by atoms with van der Waals surface area (Å²) in [5.74, 6) is 0.0569. The maximum atomic E-state index is 11.7. The van der Waals surface area contributed by atoms with E-state index in [0.29, 0.717) is 25.7 Å². The van der Waals surface area contributed by atoms with Crippen molar-refractivity contribution in [2.45, 2.75) is 19.4 Å². The minimum absolute atomic E-state index is 0.0458. The van der Waals surface area contributed by atoms with E-state index in [4.69, 9.17) is 9.84 Å². The van der Waals surface area contributed by atoms with Crippen LogP contribution in [0.5, 0.6) is 6.01 Å². The number of carboxylic acid groups (broad SMARTS) is 1. The lowest BCUT2D eigenvalue weighted by atomic mass is 9.98. The van der Waals surface area contributed by atoms with Gasteiger partial charge in [-0.15, -0.1) is 0 Å². The van der Waals surface area contributed by atoms with Gasteiger partial charge in [0.1, 0.15) is 0 Å². The fourth-order valence-corrected chi connectivity index (χ4v) is 3.62. The molecule has 10 heteroatoms. The number of rotatable bonds is 6. The largest absolute Gasteiger partial charge is 0.465 e. The summed E-state index contributed by atoms with van der Waals surface area (Å²) in [6.07, 6.45) is 4.02. The van der Waals surface area contributed by atoms with Crippen molar-refractivity contribution >= 4 is 18.0 Å². The van der Waals surface area contributed by atoms with Crippen molar-refractivity contribution in [2.75, 3.05) is 26.2 Å². The molecule has 1 aromatic carbocycles. The van der Waals surface area contributed by atoms with E-state index in [9.17, 15) is 14.4 Å². The molecule has 0 radical (unpaired) electrons. The van der Waals surface area contributed by atoms with Crippen molar-refractivity contribution in [3.63, 3.8) is 0 Å². The van der Waals surface area contributed by atoms with E-state index < -0.39 is 6.09 Å². The van der Waals surface area contributed by atoms with Crippen molar-refractivity contribution < 1.29 is 24.2 Å². The fourth-order valence-electron chi connectivity index (χ4n) is 3.62. The molecule has 2 fully saturated rings. The zero-order valence-corrected chi connectivity index (χ0v) is 16.9. The molecule has 2 aromatic rings. The second-order valence-corrected chi connectivity index (χ2v) is 7.61. The molecule has 0 bridgehead atoms. The molecule has 10 nitrogen and oxygen atoms in total. The van der Waals surface area contributed by atoms with Crippen LogP contribution in [0.4, 0.5) is 9.59 Å². The Labute approximate surface area is 178 Å². The van der Waals surface area contributed by atoms with Crippen LogP contribution in [-0.2, 0) is 11.3 Å². The van der Waals surface area contributed by atoms with Gasteiger partial charge in [0.25, 0.3) is 0 Å². The normalized spacial score (nSPS) is 17.0. The number of carbonyl (C=O) groups is 3. The van der Waals surface area contributed by atoms with Crippen LogP contribution in [0.25, 0.3) is 11.1 Å². The molecule has 2 aliphatic rings. The Morgan fingerprint density at radius 2 is 1.77 bits per heavy atom. The lowest BCUT2D eigenvalue weighted by Gasteiger charge is -2.29. The summed E-state index contributed by atoms with van der Waals surface area (Å²) in [5, 5.41) is 11.5. The summed E-state index contributed by atoms with van der Waals surface area (Å²) in [4.78, 5) is 45.4. The molecule has 2 aliphatic heterocycles. The number of amides is 4. The van der Waals surface area contributed by atoms with Crippen LogP contribution in [0, 0.1) is 5.92 Å². The maximum Gasteiger partial charge on any atom is 0.407 e. The van der Waals surface area contributed by atoms with Crippen LogP contribution in [0.1, 0.15) is 18.4 Å². The van der Waals surface area contributed by atoms with Crippen LogP contribution in [0.3, 0.4) is 0 Å². The zero-order chi connectivity index (χ0) is 21.8. The predicted octanol–water partition coefficient (Wildman–Crippen LogP) is 1.96. The highest BCUT2D eigenvalue weighted by molar-refractivity contribution is 6.01. The van der Waals surface area contributed by atoms with Crippen molar-refractivity contribution in [2.24, 2.45) is 5.92 Å². The Morgan fingerprint density at radius 1 is 1.10 bits per heavy atom. The van der Waals surface area contributed by atoms with Crippen molar-refractivity contribution in [1.82, 2.24) is 25.1 Å². The third-order valence-corrected chi connectivity index (χ3v) is 5.53. The molecule has 0 atom stereocenters. The molecule has 1 aromatic heterocycles. The second-order valence-electron chi connectivity index (χ2n) is 7.61. The quantitative estimate of drug-likeness (QED) is 0.678. The van der Waals surface area contributed by atoms with Crippen molar-refractivity contribution in [3.8, 4) is 17.1 Å². The van der Waals surface area contributed by atoms with Gasteiger partial charge in [-0.25, -0.2) is 19.6 Å². The number of piperidine rings is 1. The highest BCUT2D eigenvalue weighted by Crippen LogP contribution is 2.22. The summed E-state index contributed by atoms with van der Waals surface area (Å²) in [5.41, 5.74) is 2.58. The molecule has 2 N–H and O–H groups in total. The number of aromatic nitrogens is 2. The first-order valence-corrected chi connectivity index (χ1v) is 10.1. The minimum atomic E-state index is -0.874. The molecular formula is C21H23N5O5. The molecule has 0 spiro atoms. The van der Waals surface area contributed by atoms with E-state index in [1.54, 1.807) is 12.4 Å². The van der Waals surface area contributed by atoms with E-state index in [-0.39, 0.29) is 30.9 Å². The van der Waals surface area contributed by atoms with Gasteiger partial charge in [0.05, 0.1) is 19.7 Å². The van der Waals surface area contributed by atoms with Gasteiger partial charge in [-0.2, -0.15) is 0 Å². The van der Waals surface area contributed by atoms with E-state index >= 15 is 0 Å². The number of nitrogens with one attached hydrogen (secondary N) is 1. The molecule has 0 saturated carbocycles. The van der Waals surface area contributed by atoms with E-state index in [1.165, 1.54) is 9.80 Å². The number of ether oxygens (including phenoxy) is 1. The molecule has 0 unspecified atom stereocenters. The van der Waals surface area contributed by atoms with Crippen LogP contribution in [0.15, 0.2) is 36.7 Å². The number of urea groups is 1. The zero-order valence-electron chi connectivity index (χ0n) is 16.9. The van der Waals surface area contributed by atoms with E-state index in [2.05, 4.69) is 15.3 Å². The molecule has 31 heavy (non-hydrogen) atoms. The summed E-state index contributed by atoms with van der Waals surface area (Å²) in [6, 6.07) is 7.43. The van der Waals surface area contributed by atoms with Crippen LogP contribution >= 0.6 is 0 Å². The minimum Gasteiger partial charge on any atom is -0.465 e. The third-order valence-electron chi connectivity index (χ3n) is 5.53. The second kappa shape index (κ2) is 8.99. The van der Waals surface area contributed by atoms with Gasteiger partial charge >= 0.3 is 18.1 Å². The number of nitrogens with zero attached hydrogens (tertiary/aromatic N) is 4. The first-order chi connectivity index (χ1) is 15.0. The summed E-state index contributed by atoms with van der Waals surface area (Å²) in [7, 11) is 0. The highest BCUT2D eigenvalue weighted by atomic mass is 16.5. The molecule has 3 heterocycles. The Hall–Kier alpha value is -3.69. The molecule has 162 valence electrons. The van der Waals surface area contributed by atoms with E-state index in [1.807, 2.05) is 24.3 Å². The number of hydrogen-bond acceptors (Lipinski definition) is 6. The SMILES string of the molecule is O=C(O)N1CCC(COc2ncc(-c3ccc(CN4C(=O)CNC4=O)cc3)cn2)CC1. The smallest absolute Gasteiger partial charge is 0.407 e. The lowest BCUT2D eigenvalue weighted by molar-refractivity contribution is -0.125. The molecule has 0 aliphatic carbocycles. The van der Waals surface area contributed by atoms with Crippen molar-refractivity contribution in [1.29, 1.82) is 0 Å². The number of likely N-dealkylation sites (tertiary alicyclic amines) is 1. The van der Waals surface area contributed by atoms with Gasteiger partial charge in [-0.1, -0.05) is 24.3 Å². The Bertz CT molecular complexity index is 939. The number of benzene rings is 1. The maximum absolute atomic E-state index is 11.7. The number of carbonyl (C=O) groups excluding carboxylic acids is 2. The van der Waals surface area contributed by atoms with Gasteiger partial charge in [-0.05, 0) is 29.9 Å². The average molecular weight is 425 g/mol. The molecular weight excluding hydrogens is 402 g/mol. The number of imide groups is 1. The van der Waals surface area contributed by atoms with Crippen LogP contribution in [-0.4, -0.2) is 69.1 Å². The summed E-state index contributed by atoms with van der Waals surface area (Å²) >= 11 is 0. The molecule has 4 amide bonds. The predicted molar refractivity (Wildman–Crippen MR) is 109 cm³/mol. The van der Waals surface area contributed by atoms with Gasteiger partial charge in [0.2, 0.25) is 5.91 Å². The monoisotopic (exact) mass is 425 g/mol. The van der Waals surface area contributed by atoms with Gasteiger partial charge < -0.3 is 20.1 Å². The summed E-state index contributed by atoms with van der Waals surface area (Å²) < 4.78 is 5.68. The number of hydrogen-bond donors (Lipinski definition) is 2. The Kier molecular flexibility index (Phi) is 5.96. The van der Waals surface area contributed by atoms with E-state index in [0.717, 1.165) is 29.5 Å². The highest BCUT2D eigenvalue weighted by Gasteiger charge is 2.28. The third kappa shape index (κ3) is 4.90. The first kappa shape index (κ1) is 20.6.